The highest BCUT2D eigenvalue weighted by Gasteiger charge is 2.33. The molecule has 1 aromatic heterocycles. The van der Waals surface area contributed by atoms with E-state index in [0.29, 0.717) is 31.7 Å². The van der Waals surface area contributed by atoms with Gasteiger partial charge in [0, 0.05) is 47.1 Å². The quantitative estimate of drug-likeness (QED) is 0.347. The van der Waals surface area contributed by atoms with E-state index in [0.717, 1.165) is 34.1 Å². The fourth-order valence-corrected chi connectivity index (χ4v) is 6.95. The Bertz CT molecular complexity index is 1580. The second-order valence-electron chi connectivity index (χ2n) is 9.55. The fourth-order valence-electron chi connectivity index (χ4n) is 5.34. The number of para-hydroxylation sites is 1. The molecule has 1 saturated heterocycles. The van der Waals surface area contributed by atoms with Gasteiger partial charge < -0.3 is 14.6 Å². The molecule has 0 aliphatic carbocycles. The molecule has 7 nitrogen and oxygen atoms in total. The van der Waals surface area contributed by atoms with Gasteiger partial charge in [0.25, 0.3) is 0 Å². The maximum atomic E-state index is 13.4. The van der Waals surface area contributed by atoms with E-state index in [2.05, 4.69) is 28.9 Å². The van der Waals surface area contributed by atoms with Gasteiger partial charge in [0.1, 0.15) is 5.75 Å². The Kier molecular flexibility index (Phi) is 6.96. The standard InChI is InChI=1S/C29H33N3O4S/c1-4-32-26-11-7-6-10-24(26)25-18-22(12-14-27(25)32)30-29(33)21-9-8-16-31(19-21)37(34,35)23-13-15-28(36-5-2)20(3)17-23/h6-7,10-15,17-18,21H,4-5,8-9,16,19H2,1-3H3,(H,30,33)/t21-/m0/s1. The van der Waals surface area contributed by atoms with E-state index in [1.165, 1.54) is 9.82 Å². The minimum atomic E-state index is -3.71. The van der Waals surface area contributed by atoms with Crippen molar-refractivity contribution in [2.24, 2.45) is 5.92 Å². The predicted octanol–water partition coefficient (Wildman–Crippen LogP) is 5.56. The van der Waals surface area contributed by atoms with Crippen LogP contribution in [-0.2, 0) is 21.4 Å². The number of carbonyl (C=O) groups excluding carboxylic acids is 1. The van der Waals surface area contributed by atoms with Crippen LogP contribution in [0.3, 0.4) is 0 Å². The van der Waals surface area contributed by atoms with Crippen LogP contribution in [-0.4, -0.2) is 42.9 Å². The minimum Gasteiger partial charge on any atom is -0.494 e. The van der Waals surface area contributed by atoms with Crippen LogP contribution in [0, 0.1) is 12.8 Å². The number of aryl methyl sites for hydroxylation is 2. The van der Waals surface area contributed by atoms with Crippen molar-refractivity contribution in [1.29, 1.82) is 0 Å². The van der Waals surface area contributed by atoms with Crippen molar-refractivity contribution in [3.8, 4) is 5.75 Å². The van der Waals surface area contributed by atoms with Gasteiger partial charge in [0.15, 0.2) is 0 Å². The van der Waals surface area contributed by atoms with Crippen molar-refractivity contribution in [3.63, 3.8) is 0 Å². The summed E-state index contributed by atoms with van der Waals surface area (Å²) in [5, 5.41) is 5.29. The molecule has 0 radical (unpaired) electrons. The summed E-state index contributed by atoms with van der Waals surface area (Å²) in [6, 6.07) is 19.2. The van der Waals surface area contributed by atoms with Crippen LogP contribution in [0.5, 0.6) is 5.75 Å². The Hall–Kier alpha value is -3.36. The van der Waals surface area contributed by atoms with Crippen molar-refractivity contribution in [3.05, 3.63) is 66.2 Å². The van der Waals surface area contributed by atoms with E-state index < -0.39 is 15.9 Å². The molecule has 4 aromatic rings. The number of benzene rings is 3. The van der Waals surface area contributed by atoms with Gasteiger partial charge in [-0.3, -0.25) is 4.79 Å². The van der Waals surface area contributed by atoms with Gasteiger partial charge in [0.2, 0.25) is 15.9 Å². The van der Waals surface area contributed by atoms with E-state index in [9.17, 15) is 13.2 Å². The van der Waals surface area contributed by atoms with Crippen LogP contribution in [0.25, 0.3) is 21.8 Å². The van der Waals surface area contributed by atoms with Crippen LogP contribution >= 0.6 is 0 Å². The molecule has 0 unspecified atom stereocenters. The molecule has 0 bridgehead atoms. The molecule has 5 rings (SSSR count). The lowest BCUT2D eigenvalue weighted by Crippen LogP contribution is -2.43. The van der Waals surface area contributed by atoms with E-state index in [4.69, 9.17) is 4.74 Å². The number of carbonyl (C=O) groups is 1. The van der Waals surface area contributed by atoms with Gasteiger partial charge in [-0.2, -0.15) is 4.31 Å². The van der Waals surface area contributed by atoms with Gasteiger partial charge in [0.05, 0.1) is 17.4 Å². The van der Waals surface area contributed by atoms with Crippen LogP contribution < -0.4 is 10.1 Å². The number of sulfonamides is 1. The SMILES string of the molecule is CCOc1ccc(S(=O)(=O)N2CCC[C@H](C(=O)Nc3ccc4c(c3)c3ccccc3n4CC)C2)cc1C. The molecule has 37 heavy (non-hydrogen) atoms. The van der Waals surface area contributed by atoms with Crippen molar-refractivity contribution < 1.29 is 17.9 Å². The maximum Gasteiger partial charge on any atom is 0.243 e. The van der Waals surface area contributed by atoms with Crippen LogP contribution in [0.2, 0.25) is 0 Å². The second-order valence-corrected chi connectivity index (χ2v) is 11.5. The summed E-state index contributed by atoms with van der Waals surface area (Å²) in [4.78, 5) is 13.5. The molecule has 1 fully saturated rings. The summed E-state index contributed by atoms with van der Waals surface area (Å²) >= 11 is 0. The molecule has 1 aliphatic rings. The molecule has 194 valence electrons. The van der Waals surface area contributed by atoms with Crippen molar-refractivity contribution >= 4 is 43.4 Å². The largest absolute Gasteiger partial charge is 0.494 e. The average molecular weight is 520 g/mol. The molecule has 0 saturated carbocycles. The van der Waals surface area contributed by atoms with Crippen molar-refractivity contribution in [1.82, 2.24) is 8.87 Å². The Balaban J connectivity index is 1.35. The first-order valence-corrected chi connectivity index (χ1v) is 14.3. The monoisotopic (exact) mass is 519 g/mol. The first-order chi connectivity index (χ1) is 17.8. The number of anilines is 1. The molecule has 1 aliphatic heterocycles. The first kappa shape index (κ1) is 25.3. The van der Waals surface area contributed by atoms with Gasteiger partial charge in [-0.05, 0) is 81.6 Å². The number of nitrogens with zero attached hydrogens (tertiary/aromatic N) is 2. The number of amides is 1. The highest BCUT2D eigenvalue weighted by molar-refractivity contribution is 7.89. The normalized spacial score (nSPS) is 16.8. The fraction of sp³-hybridized carbons (Fsp3) is 0.345. The lowest BCUT2D eigenvalue weighted by atomic mass is 9.98. The number of piperidine rings is 1. The molecular weight excluding hydrogens is 486 g/mol. The summed E-state index contributed by atoms with van der Waals surface area (Å²) in [5.74, 6) is 0.109. The number of hydrogen-bond acceptors (Lipinski definition) is 4. The van der Waals surface area contributed by atoms with Crippen LogP contribution in [0.4, 0.5) is 5.69 Å². The third-order valence-corrected chi connectivity index (χ3v) is 9.06. The van der Waals surface area contributed by atoms with E-state index in [1.807, 2.05) is 44.2 Å². The smallest absolute Gasteiger partial charge is 0.243 e. The van der Waals surface area contributed by atoms with Gasteiger partial charge in [-0.1, -0.05) is 18.2 Å². The Morgan fingerprint density at radius 2 is 1.81 bits per heavy atom. The summed E-state index contributed by atoms with van der Waals surface area (Å²) in [6.07, 6.45) is 1.29. The zero-order chi connectivity index (χ0) is 26.2. The average Bonchev–Trinajstić information content (AvgIpc) is 3.23. The molecule has 2 heterocycles. The third kappa shape index (κ3) is 4.71. The van der Waals surface area contributed by atoms with E-state index in [1.54, 1.807) is 18.2 Å². The number of fused-ring (bicyclic) bond motifs is 3. The first-order valence-electron chi connectivity index (χ1n) is 12.9. The van der Waals surface area contributed by atoms with E-state index >= 15 is 0 Å². The zero-order valence-corrected chi connectivity index (χ0v) is 22.3. The van der Waals surface area contributed by atoms with Crippen LogP contribution in [0.1, 0.15) is 32.3 Å². The Morgan fingerprint density at radius 1 is 1.03 bits per heavy atom. The lowest BCUT2D eigenvalue weighted by molar-refractivity contribution is -0.120. The summed E-state index contributed by atoms with van der Waals surface area (Å²) in [6.45, 7) is 7.80. The number of ether oxygens (including phenoxy) is 1. The molecule has 1 atom stereocenters. The summed E-state index contributed by atoms with van der Waals surface area (Å²) in [5.41, 5.74) is 3.79. The summed E-state index contributed by atoms with van der Waals surface area (Å²) < 4.78 is 36.0. The second kappa shape index (κ2) is 10.2. The lowest BCUT2D eigenvalue weighted by Gasteiger charge is -2.31. The molecular formula is C29H33N3O4S. The van der Waals surface area contributed by atoms with Gasteiger partial charge in [-0.15, -0.1) is 0 Å². The van der Waals surface area contributed by atoms with Crippen LogP contribution in [0.15, 0.2) is 65.6 Å². The predicted molar refractivity (Wildman–Crippen MR) is 148 cm³/mol. The molecule has 1 N–H and O–H groups in total. The third-order valence-electron chi connectivity index (χ3n) is 7.20. The zero-order valence-electron chi connectivity index (χ0n) is 21.5. The minimum absolute atomic E-state index is 0.152. The van der Waals surface area contributed by atoms with Gasteiger partial charge in [-0.25, -0.2) is 8.42 Å². The Morgan fingerprint density at radius 3 is 2.57 bits per heavy atom. The highest BCUT2D eigenvalue weighted by atomic mass is 32.2. The topological polar surface area (TPSA) is 80.6 Å². The molecule has 0 spiro atoms. The maximum absolute atomic E-state index is 13.4. The molecule has 1 amide bonds. The number of hydrogen-bond donors (Lipinski definition) is 1. The highest BCUT2D eigenvalue weighted by Crippen LogP contribution is 2.32. The van der Waals surface area contributed by atoms with E-state index in [-0.39, 0.29) is 17.3 Å². The van der Waals surface area contributed by atoms with Crippen molar-refractivity contribution in [2.45, 2.75) is 45.1 Å². The van der Waals surface area contributed by atoms with Gasteiger partial charge >= 0.3 is 0 Å². The van der Waals surface area contributed by atoms with Crippen molar-refractivity contribution in [2.75, 3.05) is 25.0 Å². The Labute approximate surface area is 218 Å². The number of rotatable bonds is 7. The number of nitrogens with one attached hydrogen (secondary N) is 1. The summed E-state index contributed by atoms with van der Waals surface area (Å²) in [7, 11) is -3.71. The molecule has 8 heteroatoms. The number of aromatic nitrogens is 1. The molecule has 3 aromatic carbocycles.